The molecule has 1 aromatic carbocycles. The predicted octanol–water partition coefficient (Wildman–Crippen LogP) is 3.76. The first kappa shape index (κ1) is 12.8. The Morgan fingerprint density at radius 1 is 1.12 bits per heavy atom. The molecule has 88 valence electrons. The minimum absolute atomic E-state index is 0.204. The van der Waals surface area contributed by atoms with Gasteiger partial charge in [-0.2, -0.15) is 0 Å². The van der Waals surface area contributed by atoms with Gasteiger partial charge < -0.3 is 4.74 Å². The minimum Gasteiger partial charge on any atom is -0.426 e. The third kappa shape index (κ3) is 3.37. The summed E-state index contributed by atoms with van der Waals surface area (Å²) in [6.07, 6.45) is 0. The first-order valence-electron chi connectivity index (χ1n) is 5.63. The lowest BCUT2D eigenvalue weighted by molar-refractivity contribution is -0.142. The highest BCUT2D eigenvalue weighted by Crippen LogP contribution is 2.22. The summed E-state index contributed by atoms with van der Waals surface area (Å²) in [6, 6.07) is 7.68. The predicted molar refractivity (Wildman–Crippen MR) is 65.6 cm³/mol. The standard InChI is InChI=1S/C14H20O2/c1-10(2)11-6-8-12(9-7-11)16-13(15)14(3,4)5/h6-10H,1-5H3. The number of benzene rings is 1. The van der Waals surface area contributed by atoms with Crippen LogP contribution in [0.1, 0.15) is 46.1 Å². The Morgan fingerprint density at radius 3 is 2.00 bits per heavy atom. The molecule has 0 aliphatic rings. The maximum Gasteiger partial charge on any atom is 0.316 e. The van der Waals surface area contributed by atoms with Crippen molar-refractivity contribution in [3.63, 3.8) is 0 Å². The second-order valence-corrected chi connectivity index (χ2v) is 5.36. The van der Waals surface area contributed by atoms with Crippen molar-refractivity contribution < 1.29 is 9.53 Å². The summed E-state index contributed by atoms with van der Waals surface area (Å²) in [5.41, 5.74) is 0.784. The van der Waals surface area contributed by atoms with Gasteiger partial charge in [-0.05, 0) is 44.4 Å². The highest BCUT2D eigenvalue weighted by molar-refractivity contribution is 5.77. The lowest BCUT2D eigenvalue weighted by Crippen LogP contribution is -2.25. The van der Waals surface area contributed by atoms with Gasteiger partial charge in [0.1, 0.15) is 5.75 Å². The first-order chi connectivity index (χ1) is 7.30. The fourth-order valence-electron chi connectivity index (χ4n) is 1.18. The van der Waals surface area contributed by atoms with Crippen molar-refractivity contribution in [1.29, 1.82) is 0 Å². The van der Waals surface area contributed by atoms with Crippen LogP contribution in [-0.2, 0) is 4.79 Å². The summed E-state index contributed by atoms with van der Waals surface area (Å²) >= 11 is 0. The van der Waals surface area contributed by atoms with Crippen LogP contribution in [0.25, 0.3) is 0 Å². The van der Waals surface area contributed by atoms with E-state index in [0.717, 1.165) is 0 Å². The van der Waals surface area contributed by atoms with Gasteiger partial charge in [0, 0.05) is 0 Å². The van der Waals surface area contributed by atoms with Crippen molar-refractivity contribution in [1.82, 2.24) is 0 Å². The van der Waals surface area contributed by atoms with Crippen molar-refractivity contribution in [3.05, 3.63) is 29.8 Å². The number of ether oxygens (including phenoxy) is 1. The van der Waals surface area contributed by atoms with Gasteiger partial charge in [-0.25, -0.2) is 0 Å². The molecular weight excluding hydrogens is 200 g/mol. The van der Waals surface area contributed by atoms with Crippen molar-refractivity contribution >= 4 is 5.97 Å². The number of carbonyl (C=O) groups is 1. The molecule has 0 saturated heterocycles. The number of carbonyl (C=O) groups excluding carboxylic acids is 1. The minimum atomic E-state index is -0.462. The van der Waals surface area contributed by atoms with E-state index in [9.17, 15) is 4.79 Å². The Balaban J connectivity index is 2.73. The number of hydrogen-bond acceptors (Lipinski definition) is 2. The Hall–Kier alpha value is -1.31. The molecule has 2 nitrogen and oxygen atoms in total. The van der Waals surface area contributed by atoms with Gasteiger partial charge in [0.25, 0.3) is 0 Å². The first-order valence-corrected chi connectivity index (χ1v) is 5.63. The van der Waals surface area contributed by atoms with Crippen LogP contribution >= 0.6 is 0 Å². The third-order valence-electron chi connectivity index (χ3n) is 2.37. The molecule has 1 aromatic rings. The van der Waals surface area contributed by atoms with Gasteiger partial charge in [0.15, 0.2) is 0 Å². The van der Waals surface area contributed by atoms with E-state index in [1.54, 1.807) is 0 Å². The summed E-state index contributed by atoms with van der Waals surface area (Å²) in [6.45, 7) is 9.81. The Labute approximate surface area is 97.6 Å². The second kappa shape index (κ2) is 4.69. The van der Waals surface area contributed by atoms with Crippen molar-refractivity contribution in [2.45, 2.75) is 40.5 Å². The summed E-state index contributed by atoms with van der Waals surface area (Å²) in [7, 11) is 0. The molecule has 0 heterocycles. The molecule has 0 aromatic heterocycles. The van der Waals surface area contributed by atoms with Crippen LogP contribution in [-0.4, -0.2) is 5.97 Å². The number of esters is 1. The zero-order valence-corrected chi connectivity index (χ0v) is 10.7. The van der Waals surface area contributed by atoms with Gasteiger partial charge in [0.2, 0.25) is 0 Å². The molecule has 0 aliphatic carbocycles. The molecule has 1 rings (SSSR count). The molecule has 0 saturated carbocycles. The molecule has 0 amide bonds. The van der Waals surface area contributed by atoms with Crippen LogP contribution in [0.5, 0.6) is 5.75 Å². The van der Waals surface area contributed by atoms with Crippen molar-refractivity contribution in [3.8, 4) is 5.75 Å². The lowest BCUT2D eigenvalue weighted by Gasteiger charge is -2.16. The molecule has 0 aliphatic heterocycles. The highest BCUT2D eigenvalue weighted by atomic mass is 16.5. The van der Waals surface area contributed by atoms with E-state index >= 15 is 0 Å². The molecule has 0 unspecified atom stereocenters. The van der Waals surface area contributed by atoms with Crippen LogP contribution in [0.3, 0.4) is 0 Å². The fourth-order valence-corrected chi connectivity index (χ4v) is 1.18. The Bertz CT molecular complexity index is 355. The van der Waals surface area contributed by atoms with Crippen LogP contribution in [0.15, 0.2) is 24.3 Å². The second-order valence-electron chi connectivity index (χ2n) is 5.36. The zero-order valence-electron chi connectivity index (χ0n) is 10.7. The smallest absolute Gasteiger partial charge is 0.316 e. The van der Waals surface area contributed by atoms with E-state index in [1.807, 2.05) is 45.0 Å². The van der Waals surface area contributed by atoms with Crippen molar-refractivity contribution in [2.75, 3.05) is 0 Å². The number of rotatable bonds is 2. The normalized spacial score (nSPS) is 11.6. The van der Waals surface area contributed by atoms with E-state index < -0.39 is 5.41 Å². The quantitative estimate of drug-likeness (QED) is 0.560. The summed E-state index contributed by atoms with van der Waals surface area (Å²) in [5.74, 6) is 0.904. The summed E-state index contributed by atoms with van der Waals surface area (Å²) in [4.78, 5) is 11.6. The van der Waals surface area contributed by atoms with Crippen LogP contribution in [0.2, 0.25) is 0 Å². The Kier molecular flexibility index (Phi) is 3.74. The lowest BCUT2D eigenvalue weighted by atomic mass is 9.97. The molecule has 2 heteroatoms. The molecule has 16 heavy (non-hydrogen) atoms. The molecule has 0 fully saturated rings. The maximum absolute atomic E-state index is 11.6. The Morgan fingerprint density at radius 2 is 1.62 bits per heavy atom. The van der Waals surface area contributed by atoms with E-state index in [1.165, 1.54) is 5.56 Å². The van der Waals surface area contributed by atoms with E-state index in [-0.39, 0.29) is 5.97 Å². The molecule has 0 N–H and O–H groups in total. The fraction of sp³-hybridized carbons (Fsp3) is 0.500. The van der Waals surface area contributed by atoms with E-state index in [0.29, 0.717) is 11.7 Å². The van der Waals surface area contributed by atoms with Crippen LogP contribution < -0.4 is 4.74 Å². The van der Waals surface area contributed by atoms with Gasteiger partial charge >= 0.3 is 5.97 Å². The van der Waals surface area contributed by atoms with E-state index in [4.69, 9.17) is 4.74 Å². The largest absolute Gasteiger partial charge is 0.426 e. The van der Waals surface area contributed by atoms with Gasteiger partial charge in [-0.1, -0.05) is 26.0 Å². The summed E-state index contributed by atoms with van der Waals surface area (Å²) < 4.78 is 5.27. The SMILES string of the molecule is CC(C)c1ccc(OC(=O)C(C)(C)C)cc1. The average molecular weight is 220 g/mol. The van der Waals surface area contributed by atoms with Gasteiger partial charge in [-0.3, -0.25) is 4.79 Å². The monoisotopic (exact) mass is 220 g/mol. The third-order valence-corrected chi connectivity index (χ3v) is 2.37. The maximum atomic E-state index is 11.6. The molecule has 0 bridgehead atoms. The molecular formula is C14H20O2. The van der Waals surface area contributed by atoms with Crippen LogP contribution in [0.4, 0.5) is 0 Å². The van der Waals surface area contributed by atoms with Gasteiger partial charge in [0.05, 0.1) is 5.41 Å². The van der Waals surface area contributed by atoms with Crippen LogP contribution in [0, 0.1) is 5.41 Å². The summed E-state index contributed by atoms with van der Waals surface area (Å²) in [5, 5.41) is 0. The molecule has 0 spiro atoms. The highest BCUT2D eigenvalue weighted by Gasteiger charge is 2.23. The van der Waals surface area contributed by atoms with Crippen molar-refractivity contribution in [2.24, 2.45) is 5.41 Å². The average Bonchev–Trinajstić information content (AvgIpc) is 2.17. The van der Waals surface area contributed by atoms with Gasteiger partial charge in [-0.15, -0.1) is 0 Å². The zero-order chi connectivity index (χ0) is 12.3. The topological polar surface area (TPSA) is 26.3 Å². The molecule has 0 atom stereocenters. The van der Waals surface area contributed by atoms with E-state index in [2.05, 4.69) is 13.8 Å². The molecule has 0 radical (unpaired) electrons. The number of hydrogen-bond donors (Lipinski definition) is 0.